The van der Waals surface area contributed by atoms with Crippen molar-refractivity contribution in [2.24, 2.45) is 0 Å². The second-order valence-electron chi connectivity index (χ2n) is 8.42. The van der Waals surface area contributed by atoms with Crippen LogP contribution in [0.4, 0.5) is 0 Å². The quantitative estimate of drug-likeness (QED) is 0.705. The molecule has 0 aliphatic carbocycles. The molecule has 31 heavy (non-hydrogen) atoms. The van der Waals surface area contributed by atoms with Gasteiger partial charge in [-0.3, -0.25) is 9.59 Å². The van der Waals surface area contributed by atoms with E-state index in [1.807, 2.05) is 29.2 Å². The molecule has 3 heterocycles. The second-order valence-corrected chi connectivity index (χ2v) is 8.42. The Kier molecular flexibility index (Phi) is 6.89. The number of carbonyl (C=O) groups excluding carboxylic acids is 2. The van der Waals surface area contributed by atoms with Gasteiger partial charge in [-0.1, -0.05) is 18.6 Å². The molecule has 1 aromatic carbocycles. The Labute approximate surface area is 183 Å². The summed E-state index contributed by atoms with van der Waals surface area (Å²) in [6.07, 6.45) is 8.69. The fourth-order valence-electron chi connectivity index (χ4n) is 4.49. The Bertz CT molecular complexity index is 910. The Morgan fingerprint density at radius 1 is 1.19 bits per heavy atom. The van der Waals surface area contributed by atoms with Gasteiger partial charge in [0.25, 0.3) is 0 Å². The normalized spacial score (nSPS) is 19.9. The van der Waals surface area contributed by atoms with E-state index in [4.69, 9.17) is 9.15 Å². The summed E-state index contributed by atoms with van der Waals surface area (Å²) in [5, 5.41) is 0. The molecular formula is C24H31N3O4. The Hall–Kier alpha value is -2.83. The lowest BCUT2D eigenvalue weighted by Crippen LogP contribution is -2.46. The predicted molar refractivity (Wildman–Crippen MR) is 116 cm³/mol. The lowest BCUT2D eigenvalue weighted by molar-refractivity contribution is -0.143. The number of nitrogens with zero attached hydrogens (tertiary/aromatic N) is 3. The molecule has 0 N–H and O–H groups in total. The van der Waals surface area contributed by atoms with Crippen molar-refractivity contribution < 1.29 is 18.7 Å². The number of hydrogen-bond donors (Lipinski definition) is 0. The number of methoxy groups -OCH3 is 1. The zero-order valence-electron chi connectivity index (χ0n) is 18.2. The third-order valence-electron chi connectivity index (χ3n) is 6.19. The Balaban J connectivity index is 1.44. The summed E-state index contributed by atoms with van der Waals surface area (Å²) in [6, 6.07) is 7.71. The second kappa shape index (κ2) is 9.98. The van der Waals surface area contributed by atoms with Crippen LogP contribution in [0.3, 0.4) is 0 Å². The van der Waals surface area contributed by atoms with E-state index in [9.17, 15) is 9.59 Å². The van der Waals surface area contributed by atoms with Crippen LogP contribution in [0.2, 0.25) is 0 Å². The molecule has 2 fully saturated rings. The average Bonchev–Trinajstić information content (AvgIpc) is 3.16. The molecular weight excluding hydrogens is 394 g/mol. The standard InChI is InChI=1S/C24H31N3O4/c1-30-19-9-7-8-18(14-19)15-20-16-25-24(31-20)21-10-4-6-13-27(21)23(29)17-26-12-5-2-3-11-22(26)28/h7-9,14,16,21H,2-6,10-13,15,17H2,1H3/t21-/m0/s1. The van der Waals surface area contributed by atoms with E-state index in [0.717, 1.165) is 55.6 Å². The first-order valence-electron chi connectivity index (χ1n) is 11.3. The number of benzene rings is 1. The van der Waals surface area contributed by atoms with E-state index in [-0.39, 0.29) is 24.4 Å². The van der Waals surface area contributed by atoms with Crippen LogP contribution < -0.4 is 4.74 Å². The van der Waals surface area contributed by atoms with E-state index >= 15 is 0 Å². The van der Waals surface area contributed by atoms with Crippen LogP contribution in [0.25, 0.3) is 0 Å². The van der Waals surface area contributed by atoms with Crippen LogP contribution >= 0.6 is 0 Å². The molecule has 2 aliphatic rings. The molecule has 2 saturated heterocycles. The topological polar surface area (TPSA) is 75.9 Å². The first-order valence-corrected chi connectivity index (χ1v) is 11.3. The number of carbonyl (C=O) groups is 2. The fourth-order valence-corrected chi connectivity index (χ4v) is 4.49. The minimum absolute atomic E-state index is 0.00695. The summed E-state index contributed by atoms with van der Waals surface area (Å²) in [5.41, 5.74) is 1.08. The van der Waals surface area contributed by atoms with Gasteiger partial charge in [0.2, 0.25) is 17.7 Å². The molecule has 0 spiro atoms. The highest BCUT2D eigenvalue weighted by atomic mass is 16.5. The van der Waals surface area contributed by atoms with E-state index in [1.54, 1.807) is 18.2 Å². The molecule has 1 aromatic heterocycles. The van der Waals surface area contributed by atoms with E-state index < -0.39 is 0 Å². The van der Waals surface area contributed by atoms with Gasteiger partial charge in [0.1, 0.15) is 17.6 Å². The van der Waals surface area contributed by atoms with Crippen molar-refractivity contribution in [1.82, 2.24) is 14.8 Å². The molecule has 0 radical (unpaired) electrons. The van der Waals surface area contributed by atoms with Crippen LogP contribution in [0.1, 0.15) is 68.2 Å². The molecule has 2 aliphatic heterocycles. The van der Waals surface area contributed by atoms with Gasteiger partial charge in [-0.25, -0.2) is 4.98 Å². The van der Waals surface area contributed by atoms with Crippen LogP contribution in [-0.4, -0.2) is 53.3 Å². The zero-order chi connectivity index (χ0) is 21.6. The number of oxazole rings is 1. The highest BCUT2D eigenvalue weighted by molar-refractivity contribution is 5.85. The maximum atomic E-state index is 13.1. The van der Waals surface area contributed by atoms with Gasteiger partial charge in [-0.2, -0.15) is 0 Å². The number of amides is 2. The van der Waals surface area contributed by atoms with Gasteiger partial charge < -0.3 is 19.0 Å². The number of aromatic nitrogens is 1. The lowest BCUT2D eigenvalue weighted by atomic mass is 10.0. The lowest BCUT2D eigenvalue weighted by Gasteiger charge is -2.35. The van der Waals surface area contributed by atoms with Crippen LogP contribution in [0, 0.1) is 0 Å². The van der Waals surface area contributed by atoms with E-state index in [0.29, 0.717) is 31.8 Å². The van der Waals surface area contributed by atoms with Gasteiger partial charge in [-0.15, -0.1) is 0 Å². The Morgan fingerprint density at radius 2 is 2.06 bits per heavy atom. The summed E-state index contributed by atoms with van der Waals surface area (Å²) < 4.78 is 11.4. The number of piperidine rings is 1. The smallest absolute Gasteiger partial charge is 0.242 e. The van der Waals surface area contributed by atoms with Gasteiger partial charge in [0, 0.05) is 25.9 Å². The van der Waals surface area contributed by atoms with Crippen molar-refractivity contribution >= 4 is 11.8 Å². The number of likely N-dealkylation sites (tertiary alicyclic amines) is 2. The Morgan fingerprint density at radius 3 is 2.94 bits per heavy atom. The van der Waals surface area contributed by atoms with Crippen molar-refractivity contribution in [3.63, 3.8) is 0 Å². The molecule has 166 valence electrons. The largest absolute Gasteiger partial charge is 0.497 e. The summed E-state index contributed by atoms with van der Waals surface area (Å²) in [4.78, 5) is 33.6. The molecule has 4 rings (SSSR count). The highest BCUT2D eigenvalue weighted by Crippen LogP contribution is 2.31. The van der Waals surface area contributed by atoms with Crippen molar-refractivity contribution in [2.45, 2.75) is 57.4 Å². The summed E-state index contributed by atoms with van der Waals surface area (Å²) >= 11 is 0. The highest BCUT2D eigenvalue weighted by Gasteiger charge is 2.33. The van der Waals surface area contributed by atoms with Crippen molar-refractivity contribution in [3.05, 3.63) is 47.7 Å². The molecule has 2 aromatic rings. The monoisotopic (exact) mass is 425 g/mol. The fraction of sp³-hybridized carbons (Fsp3) is 0.542. The van der Waals surface area contributed by atoms with Gasteiger partial charge >= 0.3 is 0 Å². The van der Waals surface area contributed by atoms with Crippen LogP contribution in [-0.2, 0) is 16.0 Å². The van der Waals surface area contributed by atoms with Crippen molar-refractivity contribution in [2.75, 3.05) is 26.7 Å². The third kappa shape index (κ3) is 5.27. The summed E-state index contributed by atoms with van der Waals surface area (Å²) in [7, 11) is 1.65. The maximum Gasteiger partial charge on any atom is 0.242 e. The van der Waals surface area contributed by atoms with Gasteiger partial charge in [-0.05, 0) is 49.8 Å². The molecule has 0 unspecified atom stereocenters. The van der Waals surface area contributed by atoms with Gasteiger partial charge in [0.05, 0.1) is 19.9 Å². The molecule has 0 bridgehead atoms. The molecule has 1 atom stereocenters. The minimum Gasteiger partial charge on any atom is -0.497 e. The van der Waals surface area contributed by atoms with Crippen LogP contribution in [0.5, 0.6) is 5.75 Å². The predicted octanol–water partition coefficient (Wildman–Crippen LogP) is 3.73. The first kappa shape index (κ1) is 21.4. The number of hydrogen-bond acceptors (Lipinski definition) is 5. The molecule has 0 saturated carbocycles. The van der Waals surface area contributed by atoms with Gasteiger partial charge in [0.15, 0.2) is 0 Å². The van der Waals surface area contributed by atoms with Crippen molar-refractivity contribution in [1.29, 1.82) is 0 Å². The van der Waals surface area contributed by atoms with Crippen LogP contribution in [0.15, 0.2) is 34.9 Å². The summed E-state index contributed by atoms with van der Waals surface area (Å²) in [6.45, 7) is 1.51. The molecule has 7 heteroatoms. The van der Waals surface area contributed by atoms with E-state index in [2.05, 4.69) is 4.98 Å². The average molecular weight is 426 g/mol. The third-order valence-corrected chi connectivity index (χ3v) is 6.19. The first-order chi connectivity index (χ1) is 15.1. The number of rotatable bonds is 6. The van der Waals surface area contributed by atoms with E-state index in [1.165, 1.54) is 0 Å². The summed E-state index contributed by atoms with van der Waals surface area (Å²) in [5.74, 6) is 2.25. The molecule has 7 nitrogen and oxygen atoms in total. The SMILES string of the molecule is COc1cccc(Cc2cnc([C@@H]3CCCCN3C(=O)CN3CCCCCC3=O)o2)c1. The zero-order valence-corrected chi connectivity index (χ0v) is 18.2. The van der Waals surface area contributed by atoms with Crippen molar-refractivity contribution in [3.8, 4) is 5.75 Å². The molecule has 2 amide bonds. The number of ether oxygens (including phenoxy) is 1. The minimum atomic E-state index is -0.164. The maximum absolute atomic E-state index is 13.1.